The lowest BCUT2D eigenvalue weighted by Crippen LogP contribution is -2.26. The molecule has 0 aromatic heterocycles. The minimum atomic E-state index is 0.848. The largest absolute Gasteiger partial charge is 0.316 e. The van der Waals surface area contributed by atoms with Crippen molar-refractivity contribution >= 4 is 0 Å². The Hall–Kier alpha value is -0.0400. The Morgan fingerprint density at radius 1 is 0.444 bits per heavy atom. The number of rotatable bonds is 22. The van der Waals surface area contributed by atoms with Gasteiger partial charge in [0.2, 0.25) is 0 Å². The van der Waals surface area contributed by atoms with Crippen LogP contribution in [-0.4, -0.2) is 13.1 Å². The van der Waals surface area contributed by atoms with Crippen LogP contribution in [0.1, 0.15) is 143 Å². The van der Waals surface area contributed by atoms with E-state index >= 15 is 0 Å². The molecule has 2 unspecified atom stereocenters. The van der Waals surface area contributed by atoms with Crippen molar-refractivity contribution in [2.75, 3.05) is 13.1 Å². The van der Waals surface area contributed by atoms with Gasteiger partial charge in [-0.1, -0.05) is 130 Å². The first-order valence-corrected chi connectivity index (χ1v) is 12.9. The van der Waals surface area contributed by atoms with Gasteiger partial charge in [-0.3, -0.25) is 0 Å². The first-order valence-electron chi connectivity index (χ1n) is 12.9. The molecule has 0 aromatic carbocycles. The molecule has 0 saturated heterocycles. The highest BCUT2D eigenvalue weighted by Gasteiger charge is 2.05. The van der Waals surface area contributed by atoms with E-state index in [9.17, 15) is 0 Å². The molecule has 0 heterocycles. The lowest BCUT2D eigenvalue weighted by atomic mass is 10.00. The van der Waals surface area contributed by atoms with E-state index in [1.54, 1.807) is 0 Å². The van der Waals surface area contributed by atoms with Crippen LogP contribution in [0.5, 0.6) is 0 Å². The van der Waals surface area contributed by atoms with Gasteiger partial charge in [-0.25, -0.2) is 0 Å². The molecule has 0 aliphatic carbocycles. The molecule has 0 bridgehead atoms. The lowest BCUT2D eigenvalue weighted by molar-refractivity contribution is 0.406. The van der Waals surface area contributed by atoms with Crippen molar-refractivity contribution < 1.29 is 0 Å². The predicted molar refractivity (Wildman–Crippen MR) is 126 cm³/mol. The summed E-state index contributed by atoms with van der Waals surface area (Å²) in [5.41, 5.74) is 0. The van der Waals surface area contributed by atoms with E-state index in [1.807, 2.05) is 0 Å². The van der Waals surface area contributed by atoms with Gasteiger partial charge in [0.05, 0.1) is 0 Å². The van der Waals surface area contributed by atoms with Gasteiger partial charge in [0.25, 0.3) is 0 Å². The first kappa shape index (κ1) is 27.0. The van der Waals surface area contributed by atoms with Crippen LogP contribution in [0.15, 0.2) is 0 Å². The Morgan fingerprint density at radius 2 is 0.741 bits per heavy atom. The van der Waals surface area contributed by atoms with Crippen molar-refractivity contribution in [3.63, 3.8) is 0 Å². The Morgan fingerprint density at radius 3 is 1.07 bits per heavy atom. The molecule has 1 heteroatoms. The molecule has 0 aliphatic heterocycles. The lowest BCUT2D eigenvalue weighted by Gasteiger charge is -2.16. The molecule has 0 saturated carbocycles. The molecule has 0 rings (SSSR count). The van der Waals surface area contributed by atoms with Gasteiger partial charge >= 0.3 is 0 Å². The Balaban J connectivity index is 3.29. The number of nitrogens with one attached hydrogen (secondary N) is 1. The van der Waals surface area contributed by atoms with Crippen LogP contribution < -0.4 is 5.32 Å². The van der Waals surface area contributed by atoms with Crippen LogP contribution in [0.4, 0.5) is 0 Å². The highest BCUT2D eigenvalue weighted by Crippen LogP contribution is 2.14. The highest BCUT2D eigenvalue weighted by molar-refractivity contribution is 4.62. The summed E-state index contributed by atoms with van der Waals surface area (Å²) >= 11 is 0. The molecule has 27 heavy (non-hydrogen) atoms. The van der Waals surface area contributed by atoms with Gasteiger partial charge in [0.15, 0.2) is 0 Å². The SMILES string of the molecule is CCCCCCCCCCC(C)CNCC(C)CCCCCCCCCC. The van der Waals surface area contributed by atoms with Crippen molar-refractivity contribution in [1.29, 1.82) is 0 Å². The van der Waals surface area contributed by atoms with Gasteiger partial charge in [0, 0.05) is 0 Å². The molecule has 164 valence electrons. The molecular weight excluding hydrogens is 326 g/mol. The average molecular weight is 382 g/mol. The van der Waals surface area contributed by atoms with Crippen molar-refractivity contribution in [3.05, 3.63) is 0 Å². The summed E-state index contributed by atoms with van der Waals surface area (Å²) in [6.07, 6.45) is 25.8. The van der Waals surface area contributed by atoms with E-state index in [0.717, 1.165) is 11.8 Å². The van der Waals surface area contributed by atoms with Crippen molar-refractivity contribution in [3.8, 4) is 0 Å². The summed E-state index contributed by atoms with van der Waals surface area (Å²) in [5, 5.41) is 3.74. The molecule has 0 radical (unpaired) electrons. The molecule has 0 amide bonds. The summed E-state index contributed by atoms with van der Waals surface area (Å²) in [6.45, 7) is 11.9. The summed E-state index contributed by atoms with van der Waals surface area (Å²) in [4.78, 5) is 0. The second-order valence-electron chi connectivity index (χ2n) is 9.40. The molecule has 0 spiro atoms. The maximum Gasteiger partial charge on any atom is -0.00230 e. The average Bonchev–Trinajstić information content (AvgIpc) is 2.66. The fourth-order valence-electron chi connectivity index (χ4n) is 4.03. The first-order chi connectivity index (χ1) is 13.2. The van der Waals surface area contributed by atoms with Crippen LogP contribution in [0, 0.1) is 11.8 Å². The number of hydrogen-bond acceptors (Lipinski definition) is 1. The summed E-state index contributed by atoms with van der Waals surface area (Å²) in [5.74, 6) is 1.70. The molecular formula is C26H55N. The van der Waals surface area contributed by atoms with Crippen LogP contribution >= 0.6 is 0 Å². The Bertz CT molecular complexity index is 237. The summed E-state index contributed by atoms with van der Waals surface area (Å²) < 4.78 is 0. The fraction of sp³-hybridized carbons (Fsp3) is 1.00. The topological polar surface area (TPSA) is 12.0 Å². The zero-order valence-corrected chi connectivity index (χ0v) is 19.8. The van der Waals surface area contributed by atoms with E-state index in [1.165, 1.54) is 129 Å². The Kier molecular flexibility index (Phi) is 22.2. The second-order valence-corrected chi connectivity index (χ2v) is 9.40. The van der Waals surface area contributed by atoms with Gasteiger partial charge < -0.3 is 5.32 Å². The van der Waals surface area contributed by atoms with Gasteiger partial charge in [-0.05, 0) is 37.8 Å². The monoisotopic (exact) mass is 381 g/mol. The number of unbranched alkanes of at least 4 members (excludes halogenated alkanes) is 14. The summed E-state index contributed by atoms with van der Waals surface area (Å²) in [6, 6.07) is 0. The highest BCUT2D eigenvalue weighted by atomic mass is 14.9. The minimum Gasteiger partial charge on any atom is -0.316 e. The third-order valence-corrected chi connectivity index (χ3v) is 6.09. The smallest absolute Gasteiger partial charge is 0.00230 e. The van der Waals surface area contributed by atoms with Crippen LogP contribution in [0.25, 0.3) is 0 Å². The quantitative estimate of drug-likeness (QED) is 0.185. The normalized spacial score (nSPS) is 13.8. The van der Waals surface area contributed by atoms with Gasteiger partial charge in [-0.15, -0.1) is 0 Å². The van der Waals surface area contributed by atoms with E-state index in [0.29, 0.717) is 0 Å². The zero-order valence-electron chi connectivity index (χ0n) is 19.8. The van der Waals surface area contributed by atoms with E-state index in [2.05, 4.69) is 33.0 Å². The standard InChI is InChI=1S/C26H55N/c1-5-7-9-11-13-15-17-19-21-25(3)23-27-24-26(4)22-20-18-16-14-12-10-8-6-2/h25-27H,5-24H2,1-4H3. The van der Waals surface area contributed by atoms with Crippen LogP contribution in [0.3, 0.4) is 0 Å². The minimum absolute atomic E-state index is 0.848. The van der Waals surface area contributed by atoms with Gasteiger partial charge in [-0.2, -0.15) is 0 Å². The van der Waals surface area contributed by atoms with E-state index in [4.69, 9.17) is 0 Å². The molecule has 0 fully saturated rings. The third kappa shape index (κ3) is 22.1. The van der Waals surface area contributed by atoms with E-state index < -0.39 is 0 Å². The predicted octanol–water partition coefficient (Wildman–Crippen LogP) is 8.91. The third-order valence-electron chi connectivity index (χ3n) is 6.09. The fourth-order valence-corrected chi connectivity index (χ4v) is 4.03. The molecule has 1 N–H and O–H groups in total. The maximum absolute atomic E-state index is 3.74. The van der Waals surface area contributed by atoms with Crippen molar-refractivity contribution in [2.24, 2.45) is 11.8 Å². The van der Waals surface area contributed by atoms with Gasteiger partial charge in [0.1, 0.15) is 0 Å². The molecule has 1 nitrogen and oxygen atoms in total. The zero-order chi connectivity index (χ0) is 20.0. The summed E-state index contributed by atoms with van der Waals surface area (Å²) in [7, 11) is 0. The number of hydrogen-bond donors (Lipinski definition) is 1. The Labute approximate surface area is 173 Å². The second kappa shape index (κ2) is 22.3. The van der Waals surface area contributed by atoms with Crippen molar-refractivity contribution in [1.82, 2.24) is 5.32 Å². The molecule has 0 aliphatic rings. The molecule has 0 aromatic rings. The maximum atomic E-state index is 3.74. The van der Waals surface area contributed by atoms with Crippen LogP contribution in [0.2, 0.25) is 0 Å². The molecule has 2 atom stereocenters. The van der Waals surface area contributed by atoms with E-state index in [-0.39, 0.29) is 0 Å². The van der Waals surface area contributed by atoms with Crippen molar-refractivity contribution in [2.45, 2.75) is 143 Å². The van der Waals surface area contributed by atoms with Crippen LogP contribution in [-0.2, 0) is 0 Å².